The summed E-state index contributed by atoms with van der Waals surface area (Å²) in [6, 6.07) is 0. The summed E-state index contributed by atoms with van der Waals surface area (Å²) in [5.74, 6) is -0.120. The maximum Gasteiger partial charge on any atom is 0.333 e. The number of hydrogen-bond donors (Lipinski definition) is 1. The average molecular weight is 172 g/mol. The van der Waals surface area contributed by atoms with Crippen molar-refractivity contribution in [3.8, 4) is 0 Å². The Morgan fingerprint density at radius 3 is 2.50 bits per heavy atom. The summed E-state index contributed by atoms with van der Waals surface area (Å²) >= 11 is 0. The third-order valence-corrected chi connectivity index (χ3v) is 1.90. The van der Waals surface area contributed by atoms with Crippen LogP contribution in [0.25, 0.3) is 0 Å². The summed E-state index contributed by atoms with van der Waals surface area (Å²) in [5, 5.41) is 8.77. The van der Waals surface area contributed by atoms with Crippen molar-refractivity contribution in [3.63, 3.8) is 0 Å². The maximum atomic E-state index is 10.7. The topological polar surface area (TPSA) is 46.5 Å². The van der Waals surface area contributed by atoms with Gasteiger partial charge in [0.2, 0.25) is 0 Å². The van der Waals surface area contributed by atoms with Crippen LogP contribution in [0.1, 0.15) is 26.7 Å². The van der Waals surface area contributed by atoms with Gasteiger partial charge in [-0.1, -0.05) is 13.8 Å². The van der Waals surface area contributed by atoms with Gasteiger partial charge in [-0.2, -0.15) is 0 Å². The number of ether oxygens (including phenoxy) is 1. The number of carbonyl (C=O) groups is 1. The molecule has 3 heteroatoms. The molecule has 1 unspecified atom stereocenters. The van der Waals surface area contributed by atoms with Gasteiger partial charge in [-0.05, 0) is 24.7 Å². The highest BCUT2D eigenvalue weighted by Gasteiger charge is 2.37. The van der Waals surface area contributed by atoms with E-state index in [9.17, 15) is 4.79 Å². The van der Waals surface area contributed by atoms with Crippen LogP contribution < -0.4 is 0 Å². The largest absolute Gasteiger partial charge is 0.479 e. The summed E-state index contributed by atoms with van der Waals surface area (Å²) < 4.78 is 5.29. The van der Waals surface area contributed by atoms with Crippen LogP contribution in [0.15, 0.2) is 0 Å². The molecule has 0 aromatic carbocycles. The molecule has 1 atom stereocenters. The Hall–Kier alpha value is -0.570. The number of carboxylic acid groups (broad SMARTS) is 1. The van der Waals surface area contributed by atoms with E-state index in [1.807, 2.05) is 13.8 Å². The number of aliphatic carboxylic acids is 1. The Morgan fingerprint density at radius 1 is 1.58 bits per heavy atom. The van der Waals surface area contributed by atoms with Crippen molar-refractivity contribution in [2.75, 3.05) is 6.61 Å². The van der Waals surface area contributed by atoms with E-state index in [4.69, 9.17) is 9.84 Å². The minimum Gasteiger partial charge on any atom is -0.479 e. The monoisotopic (exact) mass is 172 g/mol. The van der Waals surface area contributed by atoms with Gasteiger partial charge in [-0.3, -0.25) is 0 Å². The molecule has 0 aromatic heterocycles. The van der Waals surface area contributed by atoms with E-state index in [0.29, 0.717) is 12.5 Å². The fourth-order valence-electron chi connectivity index (χ4n) is 1.10. The lowest BCUT2D eigenvalue weighted by Crippen LogP contribution is -2.27. The molecule has 0 saturated heterocycles. The van der Waals surface area contributed by atoms with E-state index in [1.165, 1.54) is 0 Å². The smallest absolute Gasteiger partial charge is 0.333 e. The molecule has 0 amide bonds. The maximum absolute atomic E-state index is 10.7. The van der Waals surface area contributed by atoms with Crippen LogP contribution in [0, 0.1) is 11.8 Å². The van der Waals surface area contributed by atoms with Gasteiger partial charge in [-0.25, -0.2) is 4.79 Å². The highest BCUT2D eigenvalue weighted by Crippen LogP contribution is 2.34. The second kappa shape index (κ2) is 3.90. The van der Waals surface area contributed by atoms with E-state index in [-0.39, 0.29) is 5.92 Å². The van der Waals surface area contributed by atoms with Crippen LogP contribution in [0.4, 0.5) is 0 Å². The van der Waals surface area contributed by atoms with E-state index in [1.54, 1.807) is 0 Å². The highest BCUT2D eigenvalue weighted by atomic mass is 16.5. The van der Waals surface area contributed by atoms with E-state index in [0.717, 1.165) is 12.8 Å². The summed E-state index contributed by atoms with van der Waals surface area (Å²) in [6.45, 7) is 4.59. The normalized spacial score (nSPS) is 19.6. The average Bonchev–Trinajstić information content (AvgIpc) is 2.69. The van der Waals surface area contributed by atoms with Crippen molar-refractivity contribution < 1.29 is 14.6 Å². The second-order valence-electron chi connectivity index (χ2n) is 3.82. The van der Waals surface area contributed by atoms with Crippen LogP contribution in [-0.2, 0) is 9.53 Å². The number of rotatable bonds is 5. The molecule has 1 aliphatic rings. The first kappa shape index (κ1) is 9.52. The first-order valence-corrected chi connectivity index (χ1v) is 4.45. The van der Waals surface area contributed by atoms with Gasteiger partial charge in [0.05, 0.1) is 6.61 Å². The molecule has 1 fully saturated rings. The van der Waals surface area contributed by atoms with E-state index in [2.05, 4.69) is 0 Å². The fourth-order valence-corrected chi connectivity index (χ4v) is 1.10. The number of hydrogen-bond acceptors (Lipinski definition) is 2. The van der Waals surface area contributed by atoms with E-state index >= 15 is 0 Å². The zero-order chi connectivity index (χ0) is 9.14. The van der Waals surface area contributed by atoms with Gasteiger partial charge in [0.25, 0.3) is 0 Å². The van der Waals surface area contributed by atoms with Crippen molar-refractivity contribution in [2.24, 2.45) is 11.8 Å². The zero-order valence-corrected chi connectivity index (χ0v) is 7.62. The quantitative estimate of drug-likeness (QED) is 0.684. The molecule has 1 rings (SSSR count). The van der Waals surface area contributed by atoms with Gasteiger partial charge in [-0.15, -0.1) is 0 Å². The standard InChI is InChI=1S/C9H16O3/c1-6(2)5-12-8(9(10)11)7-3-4-7/h6-8H,3-5H2,1-2H3,(H,10,11). The molecule has 0 radical (unpaired) electrons. The van der Waals surface area contributed by atoms with Crippen molar-refractivity contribution in [1.29, 1.82) is 0 Å². The Balaban J connectivity index is 2.28. The predicted molar refractivity (Wildman–Crippen MR) is 44.9 cm³/mol. The van der Waals surface area contributed by atoms with Crippen molar-refractivity contribution in [1.82, 2.24) is 0 Å². The van der Waals surface area contributed by atoms with Crippen LogP contribution in [0.2, 0.25) is 0 Å². The molecule has 0 aromatic rings. The van der Waals surface area contributed by atoms with Crippen molar-refractivity contribution in [2.45, 2.75) is 32.8 Å². The molecular formula is C9H16O3. The second-order valence-corrected chi connectivity index (χ2v) is 3.82. The predicted octanol–water partition coefficient (Wildman–Crippen LogP) is 1.52. The lowest BCUT2D eigenvalue weighted by molar-refractivity contribution is -0.152. The summed E-state index contributed by atoms with van der Waals surface area (Å²) in [7, 11) is 0. The first-order valence-electron chi connectivity index (χ1n) is 4.45. The molecule has 0 bridgehead atoms. The van der Waals surface area contributed by atoms with Crippen molar-refractivity contribution in [3.05, 3.63) is 0 Å². The van der Waals surface area contributed by atoms with Gasteiger partial charge < -0.3 is 9.84 Å². The van der Waals surface area contributed by atoms with Gasteiger partial charge in [0.15, 0.2) is 6.10 Å². The molecule has 70 valence electrons. The fraction of sp³-hybridized carbons (Fsp3) is 0.889. The Bertz CT molecular complexity index is 161. The van der Waals surface area contributed by atoms with Gasteiger partial charge in [0, 0.05) is 0 Å². The summed E-state index contributed by atoms with van der Waals surface area (Å²) in [5.41, 5.74) is 0. The van der Waals surface area contributed by atoms with Gasteiger partial charge in [0.1, 0.15) is 0 Å². The summed E-state index contributed by atoms with van der Waals surface area (Å²) in [6.07, 6.45) is 1.47. The third-order valence-electron chi connectivity index (χ3n) is 1.90. The van der Waals surface area contributed by atoms with Crippen LogP contribution in [0.5, 0.6) is 0 Å². The van der Waals surface area contributed by atoms with Crippen LogP contribution in [-0.4, -0.2) is 23.8 Å². The molecule has 0 aliphatic heterocycles. The minimum atomic E-state index is -0.807. The molecule has 0 spiro atoms. The molecule has 0 heterocycles. The zero-order valence-electron chi connectivity index (χ0n) is 7.62. The Morgan fingerprint density at radius 2 is 2.17 bits per heavy atom. The lowest BCUT2D eigenvalue weighted by Gasteiger charge is -2.13. The SMILES string of the molecule is CC(C)COC(C(=O)O)C1CC1. The van der Waals surface area contributed by atoms with Gasteiger partial charge >= 0.3 is 5.97 Å². The Labute approximate surface area is 72.7 Å². The molecule has 1 aliphatic carbocycles. The third kappa shape index (κ3) is 2.81. The minimum absolute atomic E-state index is 0.279. The molecule has 12 heavy (non-hydrogen) atoms. The van der Waals surface area contributed by atoms with E-state index < -0.39 is 12.1 Å². The lowest BCUT2D eigenvalue weighted by atomic mass is 10.2. The first-order chi connectivity index (χ1) is 5.61. The Kier molecular flexibility index (Phi) is 3.09. The molecule has 1 saturated carbocycles. The summed E-state index contributed by atoms with van der Waals surface area (Å²) in [4.78, 5) is 10.7. The molecular weight excluding hydrogens is 156 g/mol. The van der Waals surface area contributed by atoms with Crippen molar-refractivity contribution >= 4 is 5.97 Å². The molecule has 3 nitrogen and oxygen atoms in total. The number of carboxylic acids is 1. The highest BCUT2D eigenvalue weighted by molar-refractivity contribution is 5.73. The molecule has 1 N–H and O–H groups in total. The van der Waals surface area contributed by atoms with Crippen LogP contribution in [0.3, 0.4) is 0 Å². The van der Waals surface area contributed by atoms with Crippen LogP contribution >= 0.6 is 0 Å².